The van der Waals surface area contributed by atoms with E-state index in [0.29, 0.717) is 12.1 Å². The molecule has 0 spiro atoms. The summed E-state index contributed by atoms with van der Waals surface area (Å²) in [5.74, 6) is -0.840. The Morgan fingerprint density at radius 3 is 2.55 bits per heavy atom. The Kier molecular flexibility index (Phi) is 4.73. The predicted octanol–water partition coefficient (Wildman–Crippen LogP) is 0.718. The first kappa shape index (κ1) is 20.3. The summed E-state index contributed by atoms with van der Waals surface area (Å²) < 4.78 is 13.9. The number of aromatic nitrogens is 2. The molecule has 3 atom stereocenters. The van der Waals surface area contributed by atoms with E-state index in [9.17, 15) is 19.8 Å². The van der Waals surface area contributed by atoms with Gasteiger partial charge in [0.1, 0.15) is 18.3 Å². The molecule has 0 bridgehead atoms. The number of aliphatic hydroxyl groups is 2. The van der Waals surface area contributed by atoms with Crippen molar-refractivity contribution in [2.75, 3.05) is 6.61 Å². The normalized spacial score (nSPS) is 24.6. The first-order valence-electron chi connectivity index (χ1n) is 9.96. The Morgan fingerprint density at radius 1 is 1.17 bits per heavy atom. The van der Waals surface area contributed by atoms with Crippen LogP contribution in [0.3, 0.4) is 0 Å². The Hall–Kier alpha value is -2.00. The zero-order chi connectivity index (χ0) is 21.1. The Labute approximate surface area is 168 Å². The van der Waals surface area contributed by atoms with Gasteiger partial charge < -0.3 is 24.3 Å². The summed E-state index contributed by atoms with van der Waals surface area (Å²) in [4.78, 5) is 25.6. The fraction of sp³-hybridized carbons (Fsp3) is 0.619. The molecule has 158 valence electrons. The van der Waals surface area contributed by atoms with E-state index in [1.54, 1.807) is 19.9 Å². The van der Waals surface area contributed by atoms with E-state index in [2.05, 4.69) is 13.8 Å². The van der Waals surface area contributed by atoms with Crippen molar-refractivity contribution in [3.63, 3.8) is 0 Å². The third kappa shape index (κ3) is 3.34. The second kappa shape index (κ2) is 6.77. The number of para-hydroxylation sites is 1. The van der Waals surface area contributed by atoms with Gasteiger partial charge in [-0.2, -0.15) is 0 Å². The minimum Gasteiger partial charge on any atom is -0.388 e. The molecule has 3 heterocycles. The van der Waals surface area contributed by atoms with E-state index in [-0.39, 0.29) is 18.6 Å². The molecule has 0 amide bonds. The summed E-state index contributed by atoms with van der Waals surface area (Å²) in [5.41, 5.74) is 0.851. The monoisotopic (exact) mass is 404 g/mol. The maximum absolute atomic E-state index is 12.8. The first-order chi connectivity index (χ1) is 13.5. The molecule has 1 saturated heterocycles. The van der Waals surface area contributed by atoms with Crippen LogP contribution in [-0.2, 0) is 28.0 Å². The SMILES string of the molecule is CC1(C)OC[C@H]([C@@H](O)[C@@H](O)Cn2c(=O)c(=O)n3c4c(cccc42)C(C)(C)CC3)O1. The van der Waals surface area contributed by atoms with Gasteiger partial charge in [-0.15, -0.1) is 0 Å². The first-order valence-corrected chi connectivity index (χ1v) is 9.96. The number of rotatable bonds is 4. The molecule has 0 unspecified atom stereocenters. The Morgan fingerprint density at radius 2 is 1.90 bits per heavy atom. The molecule has 1 aromatic heterocycles. The van der Waals surface area contributed by atoms with Crippen LogP contribution in [0.4, 0.5) is 0 Å². The quantitative estimate of drug-likeness (QED) is 0.728. The van der Waals surface area contributed by atoms with E-state index in [4.69, 9.17) is 9.47 Å². The molecule has 1 aromatic carbocycles. The van der Waals surface area contributed by atoms with Crippen LogP contribution in [0.2, 0.25) is 0 Å². The van der Waals surface area contributed by atoms with Gasteiger partial charge in [0.2, 0.25) is 0 Å². The van der Waals surface area contributed by atoms with Crippen molar-refractivity contribution >= 4 is 11.0 Å². The van der Waals surface area contributed by atoms with Gasteiger partial charge in [0, 0.05) is 6.54 Å². The van der Waals surface area contributed by atoms with Crippen LogP contribution in [0.1, 0.15) is 39.7 Å². The fourth-order valence-electron chi connectivity index (χ4n) is 4.37. The molecule has 2 aliphatic rings. The van der Waals surface area contributed by atoms with Gasteiger partial charge in [-0.25, -0.2) is 0 Å². The van der Waals surface area contributed by atoms with Crippen LogP contribution < -0.4 is 11.1 Å². The van der Waals surface area contributed by atoms with Crippen LogP contribution in [-0.4, -0.2) is 50.1 Å². The summed E-state index contributed by atoms with van der Waals surface area (Å²) in [6, 6.07) is 5.60. The van der Waals surface area contributed by atoms with Crippen molar-refractivity contribution < 1.29 is 19.7 Å². The Balaban J connectivity index is 1.76. The molecule has 2 aromatic rings. The number of nitrogens with zero attached hydrogens (tertiary/aromatic N) is 2. The number of aryl methyl sites for hydroxylation is 1. The van der Waals surface area contributed by atoms with Gasteiger partial charge in [0.25, 0.3) is 0 Å². The van der Waals surface area contributed by atoms with E-state index in [1.165, 1.54) is 9.13 Å². The minimum atomic E-state index is -1.30. The highest BCUT2D eigenvalue weighted by atomic mass is 16.7. The zero-order valence-corrected chi connectivity index (χ0v) is 17.2. The summed E-state index contributed by atoms with van der Waals surface area (Å²) in [7, 11) is 0. The Bertz CT molecular complexity index is 1070. The molecular weight excluding hydrogens is 376 g/mol. The van der Waals surface area contributed by atoms with Crippen molar-refractivity contribution in [3.8, 4) is 0 Å². The lowest BCUT2D eigenvalue weighted by atomic mass is 9.78. The van der Waals surface area contributed by atoms with Gasteiger partial charge >= 0.3 is 11.1 Å². The van der Waals surface area contributed by atoms with Gasteiger partial charge in [-0.05, 0) is 37.3 Å². The highest BCUT2D eigenvalue weighted by molar-refractivity contribution is 5.81. The van der Waals surface area contributed by atoms with E-state index in [1.807, 2.05) is 12.1 Å². The standard InChI is InChI=1S/C21H28N2O6/c1-20(2)8-9-22-16-12(20)6-5-7-13(16)23(19(27)18(22)26)10-14(24)17(25)15-11-28-21(3,4)29-15/h5-7,14-15,17,24-25H,8-11H2,1-4H3/t14-,15+,17-/m0/s1. The number of benzene rings is 1. The van der Waals surface area contributed by atoms with Crippen LogP contribution in [0.5, 0.6) is 0 Å². The van der Waals surface area contributed by atoms with Crippen molar-refractivity contribution in [3.05, 3.63) is 44.5 Å². The molecule has 2 aliphatic heterocycles. The summed E-state index contributed by atoms with van der Waals surface area (Å²) in [6.45, 7) is 8.09. The third-order valence-corrected chi connectivity index (χ3v) is 6.11. The summed E-state index contributed by atoms with van der Waals surface area (Å²) in [5, 5.41) is 21.2. The number of ether oxygens (including phenoxy) is 2. The maximum Gasteiger partial charge on any atom is 0.317 e. The number of hydrogen-bond donors (Lipinski definition) is 2. The molecule has 4 rings (SSSR count). The van der Waals surface area contributed by atoms with Gasteiger partial charge in [0.15, 0.2) is 5.79 Å². The molecule has 8 heteroatoms. The van der Waals surface area contributed by atoms with Crippen molar-refractivity contribution in [2.45, 2.75) is 76.7 Å². The second-order valence-corrected chi connectivity index (χ2v) is 9.10. The van der Waals surface area contributed by atoms with Crippen LogP contribution in [0.25, 0.3) is 11.0 Å². The van der Waals surface area contributed by atoms with Crippen LogP contribution in [0, 0.1) is 0 Å². The minimum absolute atomic E-state index is 0.132. The summed E-state index contributed by atoms with van der Waals surface area (Å²) >= 11 is 0. The summed E-state index contributed by atoms with van der Waals surface area (Å²) in [6.07, 6.45) is -2.50. The fourth-order valence-corrected chi connectivity index (χ4v) is 4.37. The van der Waals surface area contributed by atoms with Crippen LogP contribution >= 0.6 is 0 Å². The maximum atomic E-state index is 12.8. The lowest BCUT2D eigenvalue weighted by Gasteiger charge is -2.33. The third-order valence-electron chi connectivity index (χ3n) is 6.11. The van der Waals surface area contributed by atoms with Gasteiger partial charge in [0.05, 0.1) is 24.2 Å². The van der Waals surface area contributed by atoms with Crippen molar-refractivity contribution in [1.29, 1.82) is 0 Å². The molecule has 29 heavy (non-hydrogen) atoms. The second-order valence-electron chi connectivity index (χ2n) is 9.10. The van der Waals surface area contributed by atoms with Crippen molar-refractivity contribution in [2.24, 2.45) is 0 Å². The topological polar surface area (TPSA) is 103 Å². The smallest absolute Gasteiger partial charge is 0.317 e. The van der Waals surface area contributed by atoms with Crippen molar-refractivity contribution in [1.82, 2.24) is 9.13 Å². The molecule has 1 fully saturated rings. The average Bonchev–Trinajstić information content (AvgIpc) is 3.03. The largest absolute Gasteiger partial charge is 0.388 e. The predicted molar refractivity (Wildman–Crippen MR) is 107 cm³/mol. The molecule has 0 saturated carbocycles. The van der Waals surface area contributed by atoms with E-state index in [0.717, 1.165) is 17.5 Å². The lowest BCUT2D eigenvalue weighted by molar-refractivity contribution is -0.161. The number of aliphatic hydroxyl groups excluding tert-OH is 2. The van der Waals surface area contributed by atoms with E-state index >= 15 is 0 Å². The number of hydrogen-bond acceptors (Lipinski definition) is 6. The van der Waals surface area contributed by atoms with E-state index < -0.39 is 35.2 Å². The molecule has 2 N–H and O–H groups in total. The highest BCUT2D eigenvalue weighted by Gasteiger charge is 2.40. The molecule has 0 aliphatic carbocycles. The molecule has 8 nitrogen and oxygen atoms in total. The average molecular weight is 404 g/mol. The molecular formula is C21H28N2O6. The van der Waals surface area contributed by atoms with Gasteiger partial charge in [-0.1, -0.05) is 26.0 Å². The lowest BCUT2D eigenvalue weighted by Crippen LogP contribution is -2.48. The zero-order valence-electron chi connectivity index (χ0n) is 17.2. The van der Waals surface area contributed by atoms with Gasteiger partial charge in [-0.3, -0.25) is 14.2 Å². The highest BCUT2D eigenvalue weighted by Crippen LogP contribution is 2.36. The molecule has 0 radical (unpaired) electrons. The van der Waals surface area contributed by atoms with Crippen LogP contribution in [0.15, 0.2) is 27.8 Å².